The highest BCUT2D eigenvalue weighted by Crippen LogP contribution is 2.27. The highest BCUT2D eigenvalue weighted by Gasteiger charge is 2.11. The predicted molar refractivity (Wildman–Crippen MR) is 93.4 cm³/mol. The lowest BCUT2D eigenvalue weighted by Crippen LogP contribution is -2.30. The van der Waals surface area contributed by atoms with Crippen molar-refractivity contribution in [3.63, 3.8) is 0 Å². The number of aromatic amines is 1. The summed E-state index contributed by atoms with van der Waals surface area (Å²) in [5.74, 6) is 1.69. The van der Waals surface area contributed by atoms with Gasteiger partial charge < -0.3 is 9.47 Å². The van der Waals surface area contributed by atoms with Gasteiger partial charge in [-0.2, -0.15) is 9.61 Å². The third-order valence-corrected chi connectivity index (χ3v) is 4.30. The molecular formula is C18H18N4O3. The molecule has 2 aromatic heterocycles. The van der Waals surface area contributed by atoms with Crippen molar-refractivity contribution in [3.8, 4) is 11.5 Å². The third-order valence-electron chi connectivity index (χ3n) is 4.30. The molecule has 25 heavy (non-hydrogen) atoms. The van der Waals surface area contributed by atoms with Crippen LogP contribution in [0.4, 0.5) is 0 Å². The number of ether oxygens (including phenoxy) is 2. The summed E-state index contributed by atoms with van der Waals surface area (Å²) >= 11 is 0. The number of nitrogens with one attached hydrogen (secondary N) is 1. The Morgan fingerprint density at radius 1 is 1.24 bits per heavy atom. The van der Waals surface area contributed by atoms with Gasteiger partial charge in [0.05, 0.1) is 25.3 Å². The Kier molecular flexibility index (Phi) is 3.76. The summed E-state index contributed by atoms with van der Waals surface area (Å²) < 4.78 is 12.1. The van der Waals surface area contributed by atoms with Crippen LogP contribution in [-0.2, 0) is 6.42 Å². The van der Waals surface area contributed by atoms with E-state index in [1.165, 1.54) is 0 Å². The zero-order valence-electron chi connectivity index (χ0n) is 14.1. The lowest BCUT2D eigenvalue weighted by Gasteiger charge is -2.07. The predicted octanol–water partition coefficient (Wildman–Crippen LogP) is 0.380. The van der Waals surface area contributed by atoms with E-state index in [1.54, 1.807) is 30.9 Å². The van der Waals surface area contributed by atoms with Crippen molar-refractivity contribution < 1.29 is 9.47 Å². The van der Waals surface area contributed by atoms with Gasteiger partial charge in [0, 0.05) is 0 Å². The Bertz CT molecular complexity index is 1130. The Balaban J connectivity index is 1.93. The number of hydrogen-bond donors (Lipinski definition) is 1. The second-order valence-electron chi connectivity index (χ2n) is 5.87. The largest absolute Gasteiger partial charge is 0.493 e. The van der Waals surface area contributed by atoms with E-state index in [0.717, 1.165) is 35.9 Å². The summed E-state index contributed by atoms with van der Waals surface area (Å²) in [6.45, 7) is 0. The smallest absolute Gasteiger partial charge is 0.276 e. The molecule has 128 valence electrons. The van der Waals surface area contributed by atoms with Crippen molar-refractivity contribution in [2.24, 2.45) is 0 Å². The minimum Gasteiger partial charge on any atom is -0.493 e. The van der Waals surface area contributed by atoms with Gasteiger partial charge in [-0.1, -0.05) is 12.1 Å². The van der Waals surface area contributed by atoms with Gasteiger partial charge in [-0.15, -0.1) is 0 Å². The zero-order chi connectivity index (χ0) is 17.4. The van der Waals surface area contributed by atoms with Crippen molar-refractivity contribution >= 4 is 17.9 Å². The van der Waals surface area contributed by atoms with Crippen LogP contribution >= 0.6 is 0 Å². The maximum absolute atomic E-state index is 12.4. The summed E-state index contributed by atoms with van der Waals surface area (Å²) in [6, 6.07) is 5.48. The SMILES string of the molecule is COc1ccc(/C=c2/c(=O)[nH]c3nc4c(nn23)CCCC=4)cc1OC. The first-order valence-corrected chi connectivity index (χ1v) is 8.11. The number of H-pyrrole nitrogens is 1. The molecule has 1 aromatic carbocycles. The first-order valence-electron chi connectivity index (χ1n) is 8.11. The van der Waals surface area contributed by atoms with Crippen molar-refractivity contribution in [2.75, 3.05) is 14.2 Å². The van der Waals surface area contributed by atoms with Crippen LogP contribution in [0.3, 0.4) is 0 Å². The molecule has 1 N–H and O–H groups in total. The van der Waals surface area contributed by atoms with E-state index in [4.69, 9.17) is 9.47 Å². The van der Waals surface area contributed by atoms with Gasteiger partial charge in [-0.3, -0.25) is 9.78 Å². The van der Waals surface area contributed by atoms with Crippen LogP contribution in [-0.4, -0.2) is 33.8 Å². The van der Waals surface area contributed by atoms with Crippen molar-refractivity contribution in [2.45, 2.75) is 19.3 Å². The summed E-state index contributed by atoms with van der Waals surface area (Å²) in [6.07, 6.45) is 6.75. The molecule has 7 heteroatoms. The quantitative estimate of drug-likeness (QED) is 0.747. The number of imidazole rings is 1. The first-order chi connectivity index (χ1) is 12.2. The number of fused-ring (bicyclic) bond motifs is 2. The second-order valence-corrected chi connectivity index (χ2v) is 5.87. The molecule has 0 spiro atoms. The van der Waals surface area contributed by atoms with E-state index in [2.05, 4.69) is 21.1 Å². The second kappa shape index (κ2) is 6.08. The van der Waals surface area contributed by atoms with Crippen LogP contribution in [0.2, 0.25) is 0 Å². The van der Waals surface area contributed by atoms with Gasteiger partial charge in [0.2, 0.25) is 5.78 Å². The van der Waals surface area contributed by atoms with Crippen molar-refractivity contribution in [3.05, 3.63) is 50.5 Å². The monoisotopic (exact) mass is 338 g/mol. The fraction of sp³-hybridized carbons (Fsp3) is 0.278. The maximum Gasteiger partial charge on any atom is 0.276 e. The molecule has 0 amide bonds. The molecule has 0 unspecified atom stereocenters. The lowest BCUT2D eigenvalue weighted by atomic mass is 10.1. The Labute approximate surface area is 143 Å². The summed E-state index contributed by atoms with van der Waals surface area (Å²) in [4.78, 5) is 19.7. The van der Waals surface area contributed by atoms with E-state index < -0.39 is 0 Å². The van der Waals surface area contributed by atoms with Crippen LogP contribution < -0.4 is 25.7 Å². The fourth-order valence-corrected chi connectivity index (χ4v) is 3.03. The van der Waals surface area contributed by atoms with Crippen LogP contribution in [0.15, 0.2) is 23.0 Å². The Hall–Kier alpha value is -3.09. The summed E-state index contributed by atoms with van der Waals surface area (Å²) in [7, 11) is 3.16. The van der Waals surface area contributed by atoms with Gasteiger partial charge in [-0.05, 0) is 43.0 Å². The van der Waals surface area contributed by atoms with Crippen molar-refractivity contribution in [1.29, 1.82) is 0 Å². The molecule has 0 aliphatic heterocycles. The average molecular weight is 338 g/mol. The molecule has 0 fully saturated rings. The number of rotatable bonds is 3. The molecular weight excluding hydrogens is 320 g/mol. The molecule has 4 rings (SSSR count). The van der Waals surface area contributed by atoms with E-state index >= 15 is 0 Å². The van der Waals surface area contributed by atoms with E-state index in [9.17, 15) is 4.79 Å². The molecule has 7 nitrogen and oxygen atoms in total. The van der Waals surface area contributed by atoms with Gasteiger partial charge in [0.25, 0.3) is 5.56 Å². The topological polar surface area (TPSA) is 81.5 Å². The van der Waals surface area contributed by atoms with Gasteiger partial charge in [0.1, 0.15) is 5.35 Å². The molecule has 0 radical (unpaired) electrons. The number of hydrogen-bond acceptors (Lipinski definition) is 5. The normalized spacial score (nSPS) is 14.2. The van der Waals surface area contributed by atoms with Crippen LogP contribution in [0, 0.1) is 0 Å². The molecule has 1 aliphatic rings. The standard InChI is InChI=1S/C18H18N4O3/c1-24-15-8-7-11(10-16(15)25-2)9-14-17(23)20-18-19-12-5-3-4-6-13(12)21-22(14)18/h5,7-10H,3-4,6H2,1-2H3,(H,19,20,23)/b14-9-. The number of benzene rings is 1. The summed E-state index contributed by atoms with van der Waals surface area (Å²) in [5, 5.41) is 5.91. The number of aryl methyl sites for hydroxylation is 1. The van der Waals surface area contributed by atoms with Crippen molar-refractivity contribution in [1.82, 2.24) is 19.6 Å². The van der Waals surface area contributed by atoms with Gasteiger partial charge >= 0.3 is 0 Å². The molecule has 2 heterocycles. The minimum absolute atomic E-state index is 0.225. The molecule has 3 aromatic rings. The molecule has 0 atom stereocenters. The third kappa shape index (κ3) is 2.67. The van der Waals surface area contributed by atoms with E-state index in [1.807, 2.05) is 12.1 Å². The molecule has 0 bridgehead atoms. The van der Waals surface area contributed by atoms with Crippen LogP contribution in [0.5, 0.6) is 11.5 Å². The lowest BCUT2D eigenvalue weighted by molar-refractivity contribution is 0.355. The number of methoxy groups -OCH3 is 2. The number of aromatic nitrogens is 4. The first kappa shape index (κ1) is 15.4. The summed E-state index contributed by atoms with van der Waals surface area (Å²) in [5.41, 5.74) is 1.51. The van der Waals surface area contributed by atoms with Crippen LogP contribution in [0.25, 0.3) is 17.9 Å². The highest BCUT2D eigenvalue weighted by molar-refractivity contribution is 5.55. The average Bonchev–Trinajstić information content (AvgIpc) is 2.94. The van der Waals surface area contributed by atoms with E-state index in [-0.39, 0.29) is 5.56 Å². The highest BCUT2D eigenvalue weighted by atomic mass is 16.5. The molecule has 0 saturated carbocycles. The Morgan fingerprint density at radius 3 is 2.88 bits per heavy atom. The van der Waals surface area contributed by atoms with Gasteiger partial charge in [-0.25, -0.2) is 4.98 Å². The Morgan fingerprint density at radius 2 is 2.08 bits per heavy atom. The minimum atomic E-state index is -0.225. The molecule has 1 aliphatic carbocycles. The number of nitrogens with zero attached hydrogens (tertiary/aromatic N) is 3. The fourth-order valence-electron chi connectivity index (χ4n) is 3.03. The van der Waals surface area contributed by atoms with E-state index in [0.29, 0.717) is 22.6 Å². The molecule has 0 saturated heterocycles. The zero-order valence-corrected chi connectivity index (χ0v) is 14.1. The van der Waals surface area contributed by atoms with Gasteiger partial charge in [0.15, 0.2) is 11.5 Å². The maximum atomic E-state index is 12.4. The van der Waals surface area contributed by atoms with Crippen LogP contribution in [0.1, 0.15) is 24.1 Å².